The van der Waals surface area contributed by atoms with Crippen LogP contribution in [-0.4, -0.2) is 41.6 Å². The van der Waals surface area contributed by atoms with Crippen molar-refractivity contribution in [1.82, 2.24) is 10.2 Å². The maximum absolute atomic E-state index is 11.9. The van der Waals surface area contributed by atoms with E-state index in [1.807, 2.05) is 18.7 Å². The van der Waals surface area contributed by atoms with Crippen molar-refractivity contribution in [1.29, 1.82) is 0 Å². The Balaban J connectivity index is 1.70. The van der Waals surface area contributed by atoms with Crippen LogP contribution < -0.4 is 5.32 Å². The maximum Gasteiger partial charge on any atom is 0.224 e. The quantitative estimate of drug-likeness (QED) is 0.839. The van der Waals surface area contributed by atoms with Crippen LogP contribution in [0.1, 0.15) is 46.0 Å². The Kier molecular flexibility index (Phi) is 4.78. The smallest absolute Gasteiger partial charge is 0.224 e. The van der Waals surface area contributed by atoms with Crippen LogP contribution in [-0.2, 0) is 14.4 Å². The predicted octanol–water partition coefficient (Wildman–Crippen LogP) is 1.12. The molecule has 2 rings (SSSR count). The van der Waals surface area contributed by atoms with Gasteiger partial charge in [-0.15, -0.1) is 0 Å². The molecule has 0 atom stereocenters. The molecular weight excluding hydrogens is 256 g/mol. The number of rotatable bonds is 4. The molecule has 1 N–H and O–H groups in total. The number of carbonyl (C=O) groups excluding carboxylic acids is 3. The van der Waals surface area contributed by atoms with Crippen LogP contribution in [0.5, 0.6) is 0 Å². The number of hydrogen-bond acceptors (Lipinski definition) is 3. The van der Waals surface area contributed by atoms with Gasteiger partial charge < -0.3 is 10.2 Å². The number of ketones is 1. The maximum atomic E-state index is 11.9. The van der Waals surface area contributed by atoms with Crippen LogP contribution in [0.4, 0.5) is 0 Å². The van der Waals surface area contributed by atoms with Crippen molar-refractivity contribution >= 4 is 17.6 Å². The van der Waals surface area contributed by atoms with Crippen LogP contribution in [0.15, 0.2) is 0 Å². The molecule has 1 aliphatic carbocycles. The second-order valence-electron chi connectivity index (χ2n) is 6.41. The summed E-state index contributed by atoms with van der Waals surface area (Å²) in [5.41, 5.74) is 0. The van der Waals surface area contributed by atoms with Crippen molar-refractivity contribution in [3.8, 4) is 0 Å². The first-order valence-corrected chi connectivity index (χ1v) is 7.55. The number of amides is 2. The molecule has 0 bridgehead atoms. The van der Waals surface area contributed by atoms with E-state index in [4.69, 9.17) is 0 Å². The Morgan fingerprint density at radius 2 is 1.85 bits per heavy atom. The van der Waals surface area contributed by atoms with E-state index in [9.17, 15) is 14.4 Å². The molecule has 0 aromatic rings. The van der Waals surface area contributed by atoms with Crippen molar-refractivity contribution in [3.63, 3.8) is 0 Å². The fraction of sp³-hybridized carbons (Fsp3) is 0.800. The molecule has 112 valence electrons. The number of hydrogen-bond donors (Lipinski definition) is 1. The Morgan fingerprint density at radius 3 is 2.35 bits per heavy atom. The zero-order chi connectivity index (χ0) is 14.7. The van der Waals surface area contributed by atoms with Crippen LogP contribution in [0.2, 0.25) is 0 Å². The van der Waals surface area contributed by atoms with Crippen LogP contribution in [0.25, 0.3) is 0 Å². The molecule has 20 heavy (non-hydrogen) atoms. The monoisotopic (exact) mass is 280 g/mol. The van der Waals surface area contributed by atoms with Crippen molar-refractivity contribution in [2.24, 2.45) is 11.8 Å². The SMILES string of the molecule is CC(C)CC(=O)N1CCC(NC(=O)C2CC(=O)C2)CC1. The van der Waals surface area contributed by atoms with E-state index in [2.05, 4.69) is 5.32 Å². The van der Waals surface area contributed by atoms with Gasteiger partial charge in [-0.25, -0.2) is 0 Å². The van der Waals surface area contributed by atoms with Crippen molar-refractivity contribution in [2.45, 2.75) is 52.0 Å². The van der Waals surface area contributed by atoms with Gasteiger partial charge in [0.1, 0.15) is 5.78 Å². The largest absolute Gasteiger partial charge is 0.353 e. The fourth-order valence-corrected chi connectivity index (χ4v) is 2.75. The highest BCUT2D eigenvalue weighted by molar-refractivity contribution is 5.96. The second-order valence-corrected chi connectivity index (χ2v) is 6.41. The van der Waals surface area contributed by atoms with E-state index in [1.165, 1.54) is 0 Å². The van der Waals surface area contributed by atoms with E-state index in [0.717, 1.165) is 25.9 Å². The van der Waals surface area contributed by atoms with Gasteiger partial charge in [0.05, 0.1) is 5.92 Å². The molecule has 2 amide bonds. The van der Waals surface area contributed by atoms with Gasteiger partial charge in [-0.3, -0.25) is 14.4 Å². The number of Topliss-reactive ketones (excluding diaryl/α,β-unsaturated/α-hetero) is 1. The van der Waals surface area contributed by atoms with E-state index in [1.54, 1.807) is 0 Å². The normalized spacial score (nSPS) is 20.9. The lowest BCUT2D eigenvalue weighted by Gasteiger charge is -2.34. The van der Waals surface area contributed by atoms with Gasteiger partial charge in [-0.05, 0) is 18.8 Å². The summed E-state index contributed by atoms with van der Waals surface area (Å²) in [5, 5.41) is 3.01. The molecule has 1 aliphatic heterocycles. The Morgan fingerprint density at radius 1 is 1.25 bits per heavy atom. The highest BCUT2D eigenvalue weighted by Gasteiger charge is 2.34. The molecule has 2 fully saturated rings. The average Bonchev–Trinajstić information content (AvgIpc) is 2.35. The van der Waals surface area contributed by atoms with Crippen molar-refractivity contribution in [3.05, 3.63) is 0 Å². The van der Waals surface area contributed by atoms with E-state index in [0.29, 0.717) is 25.2 Å². The van der Waals surface area contributed by atoms with Crippen molar-refractivity contribution < 1.29 is 14.4 Å². The number of likely N-dealkylation sites (tertiary alicyclic amines) is 1. The summed E-state index contributed by atoms with van der Waals surface area (Å²) in [6.07, 6.45) is 3.03. The average molecular weight is 280 g/mol. The lowest BCUT2D eigenvalue weighted by molar-refractivity contribution is -0.139. The minimum absolute atomic E-state index is 0.0107. The zero-order valence-corrected chi connectivity index (χ0v) is 12.4. The van der Waals surface area contributed by atoms with E-state index < -0.39 is 0 Å². The summed E-state index contributed by atoms with van der Waals surface area (Å²) >= 11 is 0. The summed E-state index contributed by atoms with van der Waals surface area (Å²) in [6, 6.07) is 0.154. The molecule has 0 radical (unpaired) electrons. The van der Waals surface area contributed by atoms with E-state index >= 15 is 0 Å². The summed E-state index contributed by atoms with van der Waals surface area (Å²) in [5.74, 6) is 0.685. The molecule has 0 spiro atoms. The molecule has 0 aromatic carbocycles. The van der Waals surface area contributed by atoms with Gasteiger partial charge in [0.25, 0.3) is 0 Å². The van der Waals surface area contributed by atoms with Crippen LogP contribution >= 0.6 is 0 Å². The Bertz CT molecular complexity index is 390. The molecule has 2 aliphatic rings. The molecule has 0 unspecified atom stereocenters. The number of piperidine rings is 1. The summed E-state index contributed by atoms with van der Waals surface area (Å²) < 4.78 is 0. The van der Waals surface area contributed by atoms with Gasteiger partial charge in [-0.2, -0.15) is 0 Å². The summed E-state index contributed by atoms with van der Waals surface area (Å²) in [4.78, 5) is 36.6. The van der Waals surface area contributed by atoms with Gasteiger partial charge in [0.15, 0.2) is 0 Å². The highest BCUT2D eigenvalue weighted by atomic mass is 16.2. The number of carbonyl (C=O) groups is 3. The number of nitrogens with zero attached hydrogens (tertiary/aromatic N) is 1. The third-order valence-electron chi connectivity index (χ3n) is 4.10. The molecule has 1 saturated carbocycles. The van der Waals surface area contributed by atoms with Gasteiger partial charge in [0.2, 0.25) is 11.8 Å². The van der Waals surface area contributed by atoms with Gasteiger partial charge in [0, 0.05) is 38.4 Å². The third-order valence-corrected chi connectivity index (χ3v) is 4.10. The first-order valence-electron chi connectivity index (χ1n) is 7.55. The van der Waals surface area contributed by atoms with E-state index in [-0.39, 0.29) is 29.6 Å². The number of nitrogens with one attached hydrogen (secondary N) is 1. The van der Waals surface area contributed by atoms with Gasteiger partial charge in [-0.1, -0.05) is 13.8 Å². The lowest BCUT2D eigenvalue weighted by Crippen LogP contribution is -2.49. The molecular formula is C15H24N2O3. The van der Waals surface area contributed by atoms with Crippen LogP contribution in [0, 0.1) is 11.8 Å². The topological polar surface area (TPSA) is 66.5 Å². The highest BCUT2D eigenvalue weighted by Crippen LogP contribution is 2.23. The standard InChI is InChI=1S/C15H24N2O3/c1-10(2)7-14(19)17-5-3-12(4-6-17)16-15(20)11-8-13(18)9-11/h10-12H,3-9H2,1-2H3,(H,16,20). The summed E-state index contributed by atoms with van der Waals surface area (Å²) in [6.45, 7) is 5.54. The molecule has 5 heteroatoms. The predicted molar refractivity (Wildman–Crippen MR) is 74.9 cm³/mol. The zero-order valence-electron chi connectivity index (χ0n) is 12.4. The Labute approximate surface area is 120 Å². The minimum Gasteiger partial charge on any atom is -0.353 e. The first kappa shape index (κ1) is 15.0. The third kappa shape index (κ3) is 3.81. The van der Waals surface area contributed by atoms with Crippen LogP contribution in [0.3, 0.4) is 0 Å². The minimum atomic E-state index is -0.108. The molecule has 5 nitrogen and oxygen atoms in total. The molecule has 0 aromatic heterocycles. The summed E-state index contributed by atoms with van der Waals surface area (Å²) in [7, 11) is 0. The molecule has 1 saturated heterocycles. The lowest BCUT2D eigenvalue weighted by atomic mass is 9.83. The second kappa shape index (κ2) is 6.37. The Hall–Kier alpha value is -1.39. The van der Waals surface area contributed by atoms with Gasteiger partial charge >= 0.3 is 0 Å². The van der Waals surface area contributed by atoms with Crippen molar-refractivity contribution in [2.75, 3.05) is 13.1 Å². The first-order chi connectivity index (χ1) is 9.45. The fourth-order valence-electron chi connectivity index (χ4n) is 2.75. The molecule has 1 heterocycles.